The Bertz CT molecular complexity index is 1460. The monoisotopic (exact) mass is 597 g/mol. The number of carbonyl (C=O) groups is 2. The average Bonchev–Trinajstić information content (AvgIpc) is 3.66. The van der Waals surface area contributed by atoms with Crippen molar-refractivity contribution in [3.05, 3.63) is 114 Å². The molecule has 3 aromatic carbocycles. The summed E-state index contributed by atoms with van der Waals surface area (Å²) in [4.78, 5) is 27.0. The van der Waals surface area contributed by atoms with Gasteiger partial charge in [0.25, 0.3) is 0 Å². The number of benzene rings is 3. The largest absolute Gasteiger partial charge is 0.490 e. The van der Waals surface area contributed by atoms with Crippen LogP contribution in [0.3, 0.4) is 0 Å². The van der Waals surface area contributed by atoms with Crippen LogP contribution in [0.1, 0.15) is 29.5 Å². The van der Waals surface area contributed by atoms with Crippen LogP contribution in [0.4, 0.5) is 17.6 Å². The van der Waals surface area contributed by atoms with Crippen molar-refractivity contribution in [2.45, 2.75) is 44.6 Å². The van der Waals surface area contributed by atoms with Crippen LogP contribution in [-0.4, -0.2) is 57.2 Å². The minimum atomic E-state index is -5.08. The Hall–Kier alpha value is -4.51. The van der Waals surface area contributed by atoms with E-state index in [0.29, 0.717) is 25.1 Å². The van der Waals surface area contributed by atoms with Gasteiger partial charge in [0.1, 0.15) is 5.82 Å². The molecule has 0 bridgehead atoms. The highest BCUT2D eigenvalue weighted by atomic mass is 19.4. The van der Waals surface area contributed by atoms with Crippen molar-refractivity contribution in [3.63, 3.8) is 0 Å². The van der Waals surface area contributed by atoms with E-state index >= 15 is 0 Å². The molecule has 2 heterocycles. The zero-order chi connectivity index (χ0) is 30.8. The van der Waals surface area contributed by atoms with Gasteiger partial charge in [-0.05, 0) is 48.2 Å². The van der Waals surface area contributed by atoms with E-state index < -0.39 is 12.1 Å². The molecule has 4 aromatic rings. The third-order valence-electron chi connectivity index (χ3n) is 7.05. The van der Waals surface area contributed by atoms with Gasteiger partial charge in [-0.2, -0.15) is 13.2 Å². The first-order valence-electron chi connectivity index (χ1n) is 13.7. The van der Waals surface area contributed by atoms with E-state index in [2.05, 4.69) is 46.5 Å². The normalized spacial score (nSPS) is 15.0. The Labute approximate surface area is 246 Å². The van der Waals surface area contributed by atoms with Gasteiger partial charge in [0, 0.05) is 49.8 Å². The van der Waals surface area contributed by atoms with Gasteiger partial charge >= 0.3 is 12.1 Å². The highest BCUT2D eigenvalue weighted by Gasteiger charge is 2.38. The summed E-state index contributed by atoms with van der Waals surface area (Å²) in [5.74, 6) is -2.35. The summed E-state index contributed by atoms with van der Waals surface area (Å²) < 4.78 is 50.5. The first kappa shape index (κ1) is 31.4. The second-order valence-corrected chi connectivity index (χ2v) is 10.2. The highest BCUT2D eigenvalue weighted by molar-refractivity contribution is 5.77. The summed E-state index contributed by atoms with van der Waals surface area (Å²) in [6.45, 7) is 3.32. The topological polar surface area (TPSA) is 86.9 Å². The first-order valence-corrected chi connectivity index (χ1v) is 13.7. The second kappa shape index (κ2) is 14.6. The minimum absolute atomic E-state index is 0.122. The maximum Gasteiger partial charge on any atom is 0.490 e. The molecule has 0 radical (unpaired) electrons. The van der Waals surface area contributed by atoms with E-state index in [4.69, 9.17) is 14.4 Å². The molecule has 0 saturated carbocycles. The lowest BCUT2D eigenvalue weighted by Gasteiger charge is -2.30. The van der Waals surface area contributed by atoms with Gasteiger partial charge in [0.05, 0.1) is 6.20 Å². The summed E-state index contributed by atoms with van der Waals surface area (Å²) in [7, 11) is 0. The van der Waals surface area contributed by atoms with Gasteiger partial charge in [-0.25, -0.2) is 9.18 Å². The van der Waals surface area contributed by atoms with E-state index in [1.807, 2.05) is 29.2 Å². The molecule has 226 valence electrons. The number of halogens is 4. The van der Waals surface area contributed by atoms with Gasteiger partial charge < -0.3 is 14.5 Å². The van der Waals surface area contributed by atoms with Gasteiger partial charge in [-0.3, -0.25) is 9.69 Å². The van der Waals surface area contributed by atoms with E-state index in [1.54, 1.807) is 18.3 Å². The zero-order valence-corrected chi connectivity index (χ0v) is 23.2. The van der Waals surface area contributed by atoms with Crippen molar-refractivity contribution in [3.8, 4) is 11.3 Å². The number of aromatic nitrogens is 1. The van der Waals surface area contributed by atoms with E-state index in [1.165, 1.54) is 17.7 Å². The molecular formula is C32H31F4N3O4. The van der Waals surface area contributed by atoms with Crippen molar-refractivity contribution in [1.29, 1.82) is 0 Å². The molecule has 1 aliphatic heterocycles. The summed E-state index contributed by atoms with van der Waals surface area (Å²) in [6.07, 6.45) is -1.59. The standard InChI is InChI=1S/C30H30FN3O2.C2HF3O2/c31-27-14-11-25(12-15-27)30-26(19-32-36-30)13-16-29(35)34(21-24-9-5-2-6-10-24)28-17-18-33(22-28)20-23-7-3-1-4-8-23;3-2(4,5)1(6)7/h1-12,14-15,19,28H,13,16-18,20-22H2;(H,6,7). The Morgan fingerprint density at radius 1 is 0.953 bits per heavy atom. The molecular weight excluding hydrogens is 566 g/mol. The van der Waals surface area contributed by atoms with Crippen molar-refractivity contribution in [2.24, 2.45) is 0 Å². The van der Waals surface area contributed by atoms with Crippen LogP contribution in [0.25, 0.3) is 11.3 Å². The van der Waals surface area contributed by atoms with Crippen LogP contribution < -0.4 is 0 Å². The summed E-state index contributed by atoms with van der Waals surface area (Å²) >= 11 is 0. The first-order chi connectivity index (χ1) is 20.6. The quantitative estimate of drug-likeness (QED) is 0.226. The molecule has 1 amide bonds. The van der Waals surface area contributed by atoms with Crippen LogP contribution in [-0.2, 0) is 29.1 Å². The third-order valence-corrected chi connectivity index (χ3v) is 7.05. The summed E-state index contributed by atoms with van der Waals surface area (Å²) in [6, 6.07) is 26.9. The summed E-state index contributed by atoms with van der Waals surface area (Å²) in [5, 5.41) is 11.1. The molecule has 1 unspecified atom stereocenters. The molecule has 1 fully saturated rings. The molecule has 1 atom stereocenters. The van der Waals surface area contributed by atoms with E-state index in [0.717, 1.165) is 42.7 Å². The maximum absolute atomic E-state index is 13.6. The number of alkyl halides is 3. The SMILES string of the molecule is O=C(CCc1cnoc1-c1ccc(F)cc1)N(Cc1ccccc1)C1CCN(Cc2ccccc2)C1.O=C(O)C(F)(F)F. The zero-order valence-electron chi connectivity index (χ0n) is 23.2. The highest BCUT2D eigenvalue weighted by Crippen LogP contribution is 2.26. The number of amides is 1. The van der Waals surface area contributed by atoms with E-state index in [9.17, 15) is 22.4 Å². The molecule has 7 nitrogen and oxygen atoms in total. The van der Waals surface area contributed by atoms with Crippen molar-refractivity contribution < 1.29 is 36.8 Å². The second-order valence-electron chi connectivity index (χ2n) is 10.2. The van der Waals surface area contributed by atoms with Gasteiger partial charge in [0.15, 0.2) is 5.76 Å². The molecule has 1 N–H and O–H groups in total. The Morgan fingerprint density at radius 2 is 1.56 bits per heavy atom. The number of aliphatic carboxylic acids is 1. The number of carboxylic acid groups (broad SMARTS) is 1. The van der Waals surface area contributed by atoms with E-state index in [-0.39, 0.29) is 17.8 Å². The number of carbonyl (C=O) groups excluding carboxylic acids is 1. The lowest BCUT2D eigenvalue weighted by atomic mass is 10.0. The van der Waals surface area contributed by atoms with Crippen LogP contribution in [0, 0.1) is 5.82 Å². The number of hydrogen-bond acceptors (Lipinski definition) is 5. The Balaban J connectivity index is 0.000000541. The van der Waals surface area contributed by atoms with Crippen molar-refractivity contribution in [1.82, 2.24) is 15.0 Å². The predicted molar refractivity (Wildman–Crippen MR) is 151 cm³/mol. The van der Waals surface area contributed by atoms with Gasteiger partial charge in [-0.1, -0.05) is 65.8 Å². The van der Waals surface area contributed by atoms with Crippen LogP contribution in [0.2, 0.25) is 0 Å². The summed E-state index contributed by atoms with van der Waals surface area (Å²) in [5.41, 5.74) is 4.03. The lowest BCUT2D eigenvalue weighted by Crippen LogP contribution is -2.41. The Morgan fingerprint density at radius 3 is 2.16 bits per heavy atom. The van der Waals surface area contributed by atoms with Crippen molar-refractivity contribution >= 4 is 11.9 Å². The lowest BCUT2D eigenvalue weighted by molar-refractivity contribution is -0.192. The van der Waals surface area contributed by atoms with Gasteiger partial charge in [-0.15, -0.1) is 0 Å². The number of rotatable bonds is 9. The molecule has 0 aliphatic carbocycles. The van der Waals surface area contributed by atoms with Crippen LogP contribution in [0.15, 0.2) is 95.6 Å². The molecule has 1 aromatic heterocycles. The molecule has 5 rings (SSSR count). The smallest absolute Gasteiger partial charge is 0.475 e. The van der Waals surface area contributed by atoms with Crippen molar-refractivity contribution in [2.75, 3.05) is 13.1 Å². The minimum Gasteiger partial charge on any atom is -0.475 e. The van der Waals surface area contributed by atoms with Gasteiger partial charge in [0.2, 0.25) is 5.91 Å². The fourth-order valence-corrected chi connectivity index (χ4v) is 4.92. The third kappa shape index (κ3) is 9.24. The van der Waals surface area contributed by atoms with Crippen LogP contribution >= 0.6 is 0 Å². The number of hydrogen-bond donors (Lipinski definition) is 1. The number of nitrogens with zero attached hydrogens (tertiary/aromatic N) is 3. The maximum atomic E-state index is 13.6. The average molecular weight is 598 g/mol. The predicted octanol–water partition coefficient (Wildman–Crippen LogP) is 6.35. The molecule has 11 heteroatoms. The molecule has 43 heavy (non-hydrogen) atoms. The molecule has 1 aliphatic rings. The molecule has 0 spiro atoms. The fraction of sp³-hybridized carbons (Fsp3) is 0.281. The number of aryl methyl sites for hydroxylation is 1. The fourth-order valence-electron chi connectivity index (χ4n) is 4.92. The Kier molecular flexibility index (Phi) is 10.7. The molecule has 1 saturated heterocycles. The number of carboxylic acids is 1. The van der Waals surface area contributed by atoms with Crippen LogP contribution in [0.5, 0.6) is 0 Å². The number of likely N-dealkylation sites (tertiary alicyclic amines) is 1.